The summed E-state index contributed by atoms with van der Waals surface area (Å²) in [6.45, 7) is 3.26. The second-order valence-corrected chi connectivity index (χ2v) is 4.67. The summed E-state index contributed by atoms with van der Waals surface area (Å²) >= 11 is 0. The topological polar surface area (TPSA) is 21.3 Å². The second kappa shape index (κ2) is 8.12. The average Bonchev–Trinajstić information content (AvgIpc) is 2.76. The van der Waals surface area contributed by atoms with E-state index in [0.29, 0.717) is 6.10 Å². The molecule has 1 aliphatic heterocycles. The maximum absolute atomic E-state index is 5.61. The third-order valence-electron chi connectivity index (χ3n) is 3.50. The Morgan fingerprint density at radius 3 is 2.80 bits per heavy atom. The summed E-state index contributed by atoms with van der Waals surface area (Å²) < 4.78 is 5.61. The lowest BCUT2D eigenvalue weighted by molar-refractivity contribution is 0.102. The zero-order valence-corrected chi connectivity index (χ0v) is 10.4. The van der Waals surface area contributed by atoms with E-state index in [1.165, 1.54) is 51.4 Å². The van der Waals surface area contributed by atoms with E-state index in [1.807, 2.05) is 0 Å². The Kier molecular flexibility index (Phi) is 7.03. The van der Waals surface area contributed by atoms with Crippen molar-refractivity contribution < 1.29 is 4.74 Å². The molecule has 0 aromatic rings. The third-order valence-corrected chi connectivity index (χ3v) is 3.50. The third kappa shape index (κ3) is 5.53. The fraction of sp³-hybridized carbons (Fsp3) is 1.00. The molecule has 0 amide bonds. The Morgan fingerprint density at radius 2 is 2.20 bits per heavy atom. The Bertz CT molecular complexity index is 135. The van der Waals surface area contributed by atoms with E-state index < -0.39 is 0 Å². The lowest BCUT2D eigenvalue weighted by Crippen LogP contribution is -2.23. The maximum Gasteiger partial charge on any atom is 0.0576 e. The van der Waals surface area contributed by atoms with Crippen LogP contribution < -0.4 is 5.32 Å². The Hall–Kier alpha value is -0.0800. The van der Waals surface area contributed by atoms with Crippen LogP contribution in [0.3, 0.4) is 0 Å². The number of hydrogen-bond donors (Lipinski definition) is 1. The Balaban J connectivity index is 1.87. The van der Waals surface area contributed by atoms with Gasteiger partial charge in [-0.3, -0.25) is 0 Å². The summed E-state index contributed by atoms with van der Waals surface area (Å²) in [5, 5.41) is 3.36. The Labute approximate surface area is 94.8 Å². The number of unbranched alkanes of at least 4 members (excludes halogenated alkanes) is 2. The van der Waals surface area contributed by atoms with Crippen LogP contribution in [0.15, 0.2) is 0 Å². The van der Waals surface area contributed by atoms with Gasteiger partial charge in [-0.25, -0.2) is 0 Å². The lowest BCUT2D eigenvalue weighted by atomic mass is 10.0. The first-order valence-corrected chi connectivity index (χ1v) is 6.65. The molecule has 15 heavy (non-hydrogen) atoms. The molecule has 1 N–H and O–H groups in total. The molecule has 1 rings (SSSR count). The molecule has 1 aliphatic rings. The molecule has 0 aromatic heterocycles. The second-order valence-electron chi connectivity index (χ2n) is 4.67. The van der Waals surface area contributed by atoms with Gasteiger partial charge < -0.3 is 10.1 Å². The van der Waals surface area contributed by atoms with Crippen LogP contribution in [-0.2, 0) is 4.74 Å². The van der Waals surface area contributed by atoms with E-state index in [9.17, 15) is 0 Å². The van der Waals surface area contributed by atoms with Crippen LogP contribution in [0.1, 0.15) is 58.3 Å². The molecule has 0 aliphatic carbocycles. The molecule has 0 spiro atoms. The van der Waals surface area contributed by atoms with Crippen molar-refractivity contribution in [2.24, 2.45) is 0 Å². The van der Waals surface area contributed by atoms with Crippen molar-refractivity contribution in [1.29, 1.82) is 0 Å². The standard InChI is InChI=1S/C13H27NO/c1-3-12(14-2)8-5-4-6-9-13-10-7-11-15-13/h12-14H,3-11H2,1-2H3. The highest BCUT2D eigenvalue weighted by molar-refractivity contribution is 4.66. The number of nitrogens with one attached hydrogen (secondary N) is 1. The van der Waals surface area contributed by atoms with Gasteiger partial charge in [-0.05, 0) is 39.2 Å². The van der Waals surface area contributed by atoms with Crippen molar-refractivity contribution in [2.75, 3.05) is 13.7 Å². The summed E-state index contributed by atoms with van der Waals surface area (Å²) in [6, 6.07) is 0.729. The van der Waals surface area contributed by atoms with Crippen LogP contribution in [0.5, 0.6) is 0 Å². The van der Waals surface area contributed by atoms with Crippen LogP contribution in [0.25, 0.3) is 0 Å². The van der Waals surface area contributed by atoms with E-state index >= 15 is 0 Å². The molecule has 2 heteroatoms. The molecule has 90 valence electrons. The van der Waals surface area contributed by atoms with Crippen LogP contribution in [-0.4, -0.2) is 25.8 Å². The van der Waals surface area contributed by atoms with E-state index in [4.69, 9.17) is 4.74 Å². The molecule has 0 radical (unpaired) electrons. The van der Waals surface area contributed by atoms with Crippen molar-refractivity contribution in [2.45, 2.75) is 70.4 Å². The van der Waals surface area contributed by atoms with Crippen LogP contribution in [0.2, 0.25) is 0 Å². The van der Waals surface area contributed by atoms with Gasteiger partial charge in [-0.15, -0.1) is 0 Å². The van der Waals surface area contributed by atoms with E-state index in [0.717, 1.165) is 12.6 Å². The van der Waals surface area contributed by atoms with Gasteiger partial charge in [-0.2, -0.15) is 0 Å². The molecule has 2 atom stereocenters. The van der Waals surface area contributed by atoms with Crippen molar-refractivity contribution in [1.82, 2.24) is 5.32 Å². The normalized spacial score (nSPS) is 23.2. The Morgan fingerprint density at radius 1 is 1.33 bits per heavy atom. The minimum absolute atomic E-state index is 0.594. The number of rotatable bonds is 8. The van der Waals surface area contributed by atoms with Gasteiger partial charge in [0.25, 0.3) is 0 Å². The van der Waals surface area contributed by atoms with Gasteiger partial charge in [0.1, 0.15) is 0 Å². The molecule has 1 heterocycles. The van der Waals surface area contributed by atoms with Crippen molar-refractivity contribution in [3.63, 3.8) is 0 Å². The van der Waals surface area contributed by atoms with Crippen LogP contribution in [0, 0.1) is 0 Å². The summed E-state index contributed by atoms with van der Waals surface area (Å²) in [4.78, 5) is 0. The first kappa shape index (κ1) is 13.0. The maximum atomic E-state index is 5.61. The molecule has 2 nitrogen and oxygen atoms in total. The number of ether oxygens (including phenoxy) is 1. The van der Waals surface area contributed by atoms with Crippen molar-refractivity contribution >= 4 is 0 Å². The van der Waals surface area contributed by atoms with E-state index in [2.05, 4.69) is 19.3 Å². The quantitative estimate of drug-likeness (QED) is 0.626. The van der Waals surface area contributed by atoms with Crippen LogP contribution >= 0.6 is 0 Å². The molecule has 0 aromatic carbocycles. The zero-order chi connectivity index (χ0) is 10.9. The van der Waals surface area contributed by atoms with Gasteiger partial charge in [0, 0.05) is 12.6 Å². The highest BCUT2D eigenvalue weighted by Gasteiger charge is 2.14. The van der Waals surface area contributed by atoms with Gasteiger partial charge in [-0.1, -0.05) is 26.2 Å². The van der Waals surface area contributed by atoms with Gasteiger partial charge >= 0.3 is 0 Å². The minimum Gasteiger partial charge on any atom is -0.378 e. The monoisotopic (exact) mass is 213 g/mol. The fourth-order valence-electron chi connectivity index (χ4n) is 2.36. The minimum atomic E-state index is 0.594. The summed E-state index contributed by atoms with van der Waals surface area (Å²) in [5.74, 6) is 0. The first-order chi connectivity index (χ1) is 7.36. The summed E-state index contributed by atoms with van der Waals surface area (Å²) in [6.07, 6.45) is 11.1. The molecule has 1 fully saturated rings. The van der Waals surface area contributed by atoms with E-state index in [1.54, 1.807) is 0 Å². The SMILES string of the molecule is CCC(CCCCCC1CCCO1)NC. The highest BCUT2D eigenvalue weighted by atomic mass is 16.5. The predicted octanol–water partition coefficient (Wildman–Crippen LogP) is 3.11. The molecular formula is C13H27NO. The van der Waals surface area contributed by atoms with Crippen LogP contribution in [0.4, 0.5) is 0 Å². The fourth-order valence-corrected chi connectivity index (χ4v) is 2.36. The molecule has 2 unspecified atom stereocenters. The molecule has 0 saturated carbocycles. The van der Waals surface area contributed by atoms with Crippen molar-refractivity contribution in [3.05, 3.63) is 0 Å². The van der Waals surface area contributed by atoms with Gasteiger partial charge in [0.15, 0.2) is 0 Å². The predicted molar refractivity (Wildman–Crippen MR) is 65.2 cm³/mol. The molecular weight excluding hydrogens is 186 g/mol. The highest BCUT2D eigenvalue weighted by Crippen LogP contribution is 2.18. The zero-order valence-electron chi connectivity index (χ0n) is 10.4. The summed E-state index contributed by atoms with van der Waals surface area (Å²) in [7, 11) is 2.07. The van der Waals surface area contributed by atoms with Gasteiger partial charge in [0.05, 0.1) is 6.10 Å². The number of hydrogen-bond acceptors (Lipinski definition) is 2. The van der Waals surface area contributed by atoms with E-state index in [-0.39, 0.29) is 0 Å². The largest absolute Gasteiger partial charge is 0.378 e. The average molecular weight is 213 g/mol. The smallest absolute Gasteiger partial charge is 0.0576 e. The lowest BCUT2D eigenvalue weighted by Gasteiger charge is -2.13. The molecule has 1 saturated heterocycles. The van der Waals surface area contributed by atoms with Crippen molar-refractivity contribution in [3.8, 4) is 0 Å². The summed E-state index contributed by atoms with van der Waals surface area (Å²) in [5.41, 5.74) is 0. The molecule has 0 bridgehead atoms. The van der Waals surface area contributed by atoms with Gasteiger partial charge in [0.2, 0.25) is 0 Å². The first-order valence-electron chi connectivity index (χ1n) is 6.65.